The Morgan fingerprint density at radius 3 is 2.60 bits per heavy atom. The van der Waals surface area contributed by atoms with Gasteiger partial charge in [0.25, 0.3) is 0 Å². The molecule has 0 N–H and O–H groups in total. The molecule has 3 atom stereocenters. The maximum Gasteiger partial charge on any atom is 0.226 e. The van der Waals surface area contributed by atoms with E-state index in [-0.39, 0.29) is 5.38 Å². The first kappa shape index (κ1) is 11.3. The van der Waals surface area contributed by atoms with E-state index in [1.54, 1.807) is 0 Å². The quantitative estimate of drug-likeness (QED) is 0.679. The Hall–Kier alpha value is -0.240. The van der Waals surface area contributed by atoms with Gasteiger partial charge in [-0.3, -0.25) is 4.79 Å². The van der Waals surface area contributed by atoms with Crippen molar-refractivity contribution in [2.24, 2.45) is 17.8 Å². The summed E-state index contributed by atoms with van der Waals surface area (Å²) in [7, 11) is 1.91. The minimum Gasteiger partial charge on any atom is -0.345 e. The van der Waals surface area contributed by atoms with Gasteiger partial charge in [0, 0.05) is 24.9 Å². The highest BCUT2D eigenvalue weighted by Crippen LogP contribution is 2.57. The van der Waals surface area contributed by atoms with Crippen LogP contribution in [0, 0.1) is 17.8 Å². The van der Waals surface area contributed by atoms with Crippen LogP contribution < -0.4 is 0 Å². The summed E-state index contributed by atoms with van der Waals surface area (Å²) in [6.45, 7) is 2.78. The molecule has 2 rings (SSSR count). The molecule has 0 radical (unpaired) electrons. The van der Waals surface area contributed by atoms with Crippen molar-refractivity contribution < 1.29 is 4.79 Å². The number of amides is 1. The molecule has 1 amide bonds. The maximum absolute atomic E-state index is 12.0. The topological polar surface area (TPSA) is 20.3 Å². The van der Waals surface area contributed by atoms with Crippen molar-refractivity contribution in [3.63, 3.8) is 0 Å². The van der Waals surface area contributed by atoms with Gasteiger partial charge in [0.15, 0.2) is 0 Å². The second-order valence-electron chi connectivity index (χ2n) is 5.11. The second-order valence-corrected chi connectivity index (χ2v) is 5.86. The van der Waals surface area contributed by atoms with Crippen molar-refractivity contribution in [3.8, 4) is 0 Å². The molecule has 3 heteroatoms. The Morgan fingerprint density at radius 2 is 2.07 bits per heavy atom. The van der Waals surface area contributed by atoms with Crippen LogP contribution in [-0.2, 0) is 4.79 Å². The molecule has 0 spiro atoms. The number of rotatable bonds is 4. The molecular weight excluding hydrogens is 210 g/mol. The summed E-state index contributed by atoms with van der Waals surface area (Å²) >= 11 is 5.88. The molecule has 0 aliphatic heterocycles. The van der Waals surface area contributed by atoms with Crippen LogP contribution in [-0.4, -0.2) is 29.8 Å². The van der Waals surface area contributed by atoms with Crippen molar-refractivity contribution >= 4 is 17.5 Å². The number of carbonyl (C=O) groups is 1. The fourth-order valence-electron chi connectivity index (χ4n) is 2.92. The average molecular weight is 230 g/mol. The maximum atomic E-state index is 12.0. The highest BCUT2D eigenvalue weighted by molar-refractivity contribution is 6.20. The molecule has 15 heavy (non-hydrogen) atoms. The number of nitrogens with zero attached hydrogens (tertiary/aromatic N) is 1. The Kier molecular flexibility index (Phi) is 3.24. The lowest BCUT2D eigenvalue weighted by Crippen LogP contribution is -2.31. The molecule has 86 valence electrons. The molecule has 2 fully saturated rings. The van der Waals surface area contributed by atoms with Gasteiger partial charge in [-0.2, -0.15) is 0 Å². The molecule has 0 bridgehead atoms. The van der Waals surface area contributed by atoms with Crippen LogP contribution >= 0.6 is 11.6 Å². The van der Waals surface area contributed by atoms with E-state index in [1.807, 2.05) is 18.9 Å². The standard InChI is InChI=1S/C12H20ClNO/c1-8(13)6-7-14(2)12(15)11-9-4-3-5-10(9)11/h8-11H,3-7H2,1-2H3. The predicted molar refractivity (Wildman–Crippen MR) is 61.9 cm³/mol. The van der Waals surface area contributed by atoms with Gasteiger partial charge in [0.1, 0.15) is 0 Å². The summed E-state index contributed by atoms with van der Waals surface area (Å²) < 4.78 is 0. The summed E-state index contributed by atoms with van der Waals surface area (Å²) in [5, 5.41) is 0.166. The molecule has 0 saturated heterocycles. The number of alkyl halides is 1. The van der Waals surface area contributed by atoms with E-state index in [2.05, 4.69) is 0 Å². The monoisotopic (exact) mass is 229 g/mol. The summed E-state index contributed by atoms with van der Waals surface area (Å²) in [6, 6.07) is 0. The lowest BCUT2D eigenvalue weighted by molar-refractivity contribution is -0.132. The second kappa shape index (κ2) is 4.32. The lowest BCUT2D eigenvalue weighted by atomic mass is 10.1. The molecule has 2 saturated carbocycles. The number of halogens is 1. The van der Waals surface area contributed by atoms with Gasteiger partial charge in [0.05, 0.1) is 0 Å². The fraction of sp³-hybridized carbons (Fsp3) is 0.917. The third-order valence-electron chi connectivity index (χ3n) is 3.93. The minimum atomic E-state index is 0.166. The lowest BCUT2D eigenvalue weighted by Gasteiger charge is -2.18. The van der Waals surface area contributed by atoms with Crippen LogP contribution in [0.25, 0.3) is 0 Å². The van der Waals surface area contributed by atoms with Crippen molar-refractivity contribution in [2.75, 3.05) is 13.6 Å². The summed E-state index contributed by atoms with van der Waals surface area (Å²) in [5.74, 6) is 2.19. The Labute approximate surface area is 97.0 Å². The molecule has 2 aliphatic rings. The van der Waals surface area contributed by atoms with Crippen LogP contribution in [0.4, 0.5) is 0 Å². The Morgan fingerprint density at radius 1 is 1.47 bits per heavy atom. The third-order valence-corrected chi connectivity index (χ3v) is 4.15. The SMILES string of the molecule is CC(Cl)CCN(C)C(=O)C1C2CCCC21. The zero-order valence-electron chi connectivity index (χ0n) is 9.58. The van der Waals surface area contributed by atoms with Gasteiger partial charge in [0.2, 0.25) is 5.91 Å². The molecule has 0 aromatic heterocycles. The molecule has 0 aromatic rings. The van der Waals surface area contributed by atoms with Gasteiger partial charge in [-0.1, -0.05) is 6.42 Å². The van der Waals surface area contributed by atoms with E-state index in [9.17, 15) is 4.79 Å². The van der Waals surface area contributed by atoms with Gasteiger partial charge in [-0.25, -0.2) is 0 Å². The summed E-state index contributed by atoms with van der Waals surface area (Å²) in [5.41, 5.74) is 0. The zero-order valence-corrected chi connectivity index (χ0v) is 10.3. The van der Waals surface area contributed by atoms with Crippen molar-refractivity contribution in [1.82, 2.24) is 4.90 Å². The minimum absolute atomic E-state index is 0.166. The van der Waals surface area contributed by atoms with Crippen LogP contribution in [0.15, 0.2) is 0 Å². The molecule has 2 nitrogen and oxygen atoms in total. The number of hydrogen-bond donors (Lipinski definition) is 0. The zero-order chi connectivity index (χ0) is 11.0. The fourth-order valence-corrected chi connectivity index (χ4v) is 3.02. The molecule has 0 aromatic carbocycles. The molecule has 0 heterocycles. The van der Waals surface area contributed by atoms with Gasteiger partial charge in [-0.15, -0.1) is 11.6 Å². The average Bonchev–Trinajstić information content (AvgIpc) is 2.66. The van der Waals surface area contributed by atoms with E-state index in [0.29, 0.717) is 11.8 Å². The number of fused-ring (bicyclic) bond motifs is 1. The van der Waals surface area contributed by atoms with E-state index in [0.717, 1.165) is 24.8 Å². The number of hydrogen-bond acceptors (Lipinski definition) is 1. The Bertz CT molecular complexity index is 244. The highest BCUT2D eigenvalue weighted by Gasteiger charge is 2.57. The summed E-state index contributed by atoms with van der Waals surface area (Å²) in [6.07, 6.45) is 4.79. The van der Waals surface area contributed by atoms with Crippen LogP contribution in [0.3, 0.4) is 0 Å². The van der Waals surface area contributed by atoms with Crippen LogP contribution in [0.1, 0.15) is 32.6 Å². The van der Waals surface area contributed by atoms with E-state index < -0.39 is 0 Å². The van der Waals surface area contributed by atoms with Crippen LogP contribution in [0.2, 0.25) is 0 Å². The van der Waals surface area contributed by atoms with E-state index in [1.165, 1.54) is 19.3 Å². The van der Waals surface area contributed by atoms with Crippen LogP contribution in [0.5, 0.6) is 0 Å². The normalized spacial score (nSPS) is 34.7. The molecule has 2 aliphatic carbocycles. The molecule has 3 unspecified atom stereocenters. The van der Waals surface area contributed by atoms with Gasteiger partial charge < -0.3 is 4.90 Å². The third kappa shape index (κ3) is 2.30. The van der Waals surface area contributed by atoms with Crippen molar-refractivity contribution in [2.45, 2.75) is 38.0 Å². The highest BCUT2D eigenvalue weighted by atomic mass is 35.5. The first-order valence-electron chi connectivity index (χ1n) is 6.00. The first-order valence-corrected chi connectivity index (χ1v) is 6.44. The predicted octanol–water partition coefficient (Wildman–Crippen LogP) is 2.51. The van der Waals surface area contributed by atoms with Gasteiger partial charge >= 0.3 is 0 Å². The van der Waals surface area contributed by atoms with E-state index in [4.69, 9.17) is 11.6 Å². The largest absolute Gasteiger partial charge is 0.345 e. The molecular formula is C12H20ClNO. The van der Waals surface area contributed by atoms with Crippen molar-refractivity contribution in [3.05, 3.63) is 0 Å². The van der Waals surface area contributed by atoms with Crippen molar-refractivity contribution in [1.29, 1.82) is 0 Å². The number of carbonyl (C=O) groups excluding carboxylic acids is 1. The first-order chi connectivity index (χ1) is 7.11. The Balaban J connectivity index is 1.76. The smallest absolute Gasteiger partial charge is 0.226 e. The van der Waals surface area contributed by atoms with E-state index >= 15 is 0 Å². The van der Waals surface area contributed by atoms with Gasteiger partial charge in [-0.05, 0) is 38.0 Å². The summed E-state index contributed by atoms with van der Waals surface area (Å²) in [4.78, 5) is 13.9.